The number of hydrogen-bond donors (Lipinski definition) is 2. The molecular formula is C18H15N5O5. The van der Waals surface area contributed by atoms with Crippen molar-refractivity contribution in [1.82, 2.24) is 9.78 Å². The Hall–Kier alpha value is -4.21. The van der Waals surface area contributed by atoms with Crippen LogP contribution in [-0.4, -0.2) is 26.5 Å². The molecule has 0 aliphatic heterocycles. The first-order valence-corrected chi connectivity index (χ1v) is 8.06. The second-order valence-electron chi connectivity index (χ2n) is 5.70. The zero-order chi connectivity index (χ0) is 20.1. The van der Waals surface area contributed by atoms with E-state index in [1.165, 1.54) is 29.2 Å². The van der Waals surface area contributed by atoms with Gasteiger partial charge in [0.05, 0.1) is 22.4 Å². The molecule has 2 amide bonds. The van der Waals surface area contributed by atoms with E-state index >= 15 is 0 Å². The Labute approximate surface area is 158 Å². The summed E-state index contributed by atoms with van der Waals surface area (Å²) in [6, 6.07) is 12.4. The van der Waals surface area contributed by atoms with Gasteiger partial charge in [-0.1, -0.05) is 18.2 Å². The van der Waals surface area contributed by atoms with Crippen molar-refractivity contribution in [2.75, 3.05) is 5.32 Å². The van der Waals surface area contributed by atoms with Crippen LogP contribution in [0.1, 0.15) is 10.4 Å². The lowest BCUT2D eigenvalue weighted by molar-refractivity contribution is -0.384. The molecule has 28 heavy (non-hydrogen) atoms. The number of amides is 2. The molecule has 0 saturated heterocycles. The Kier molecular flexibility index (Phi) is 5.30. The predicted octanol–water partition coefficient (Wildman–Crippen LogP) is 2.32. The summed E-state index contributed by atoms with van der Waals surface area (Å²) in [6.45, 7) is -0.144. The number of para-hydroxylation sites is 1. The summed E-state index contributed by atoms with van der Waals surface area (Å²) in [5.74, 6) is -0.593. The van der Waals surface area contributed by atoms with Crippen LogP contribution in [-0.2, 0) is 11.3 Å². The summed E-state index contributed by atoms with van der Waals surface area (Å²) < 4.78 is 6.95. The Bertz CT molecular complexity index is 1030. The first kappa shape index (κ1) is 18.6. The first-order valence-electron chi connectivity index (χ1n) is 8.06. The number of benzene rings is 2. The summed E-state index contributed by atoms with van der Waals surface area (Å²) in [5, 5.41) is 17.6. The van der Waals surface area contributed by atoms with E-state index in [4.69, 9.17) is 10.5 Å². The van der Waals surface area contributed by atoms with Gasteiger partial charge in [0, 0.05) is 18.3 Å². The number of carbonyl (C=O) groups excluding carboxylic acids is 2. The van der Waals surface area contributed by atoms with Gasteiger partial charge in [-0.3, -0.25) is 24.4 Å². The molecule has 1 aromatic heterocycles. The van der Waals surface area contributed by atoms with E-state index in [-0.39, 0.29) is 23.5 Å². The lowest BCUT2D eigenvalue weighted by Gasteiger charge is -2.11. The van der Waals surface area contributed by atoms with Gasteiger partial charge in [0.2, 0.25) is 5.91 Å². The molecule has 0 bridgehead atoms. The maximum absolute atomic E-state index is 12.7. The van der Waals surface area contributed by atoms with E-state index in [0.29, 0.717) is 11.4 Å². The molecule has 10 heteroatoms. The van der Waals surface area contributed by atoms with Gasteiger partial charge in [0.15, 0.2) is 0 Å². The molecule has 0 atom stereocenters. The van der Waals surface area contributed by atoms with Gasteiger partial charge < -0.3 is 15.8 Å². The first-order chi connectivity index (χ1) is 13.4. The van der Waals surface area contributed by atoms with Crippen LogP contribution >= 0.6 is 0 Å². The minimum atomic E-state index is -0.631. The highest BCUT2D eigenvalue weighted by Crippen LogP contribution is 2.29. The van der Waals surface area contributed by atoms with Crippen molar-refractivity contribution in [3.8, 4) is 11.5 Å². The highest BCUT2D eigenvalue weighted by Gasteiger charge is 2.19. The maximum atomic E-state index is 12.7. The van der Waals surface area contributed by atoms with Crippen LogP contribution < -0.4 is 15.8 Å². The Morgan fingerprint density at radius 3 is 2.64 bits per heavy atom. The van der Waals surface area contributed by atoms with Crippen molar-refractivity contribution in [2.45, 2.75) is 6.54 Å². The Morgan fingerprint density at radius 2 is 1.96 bits per heavy atom. The molecule has 0 fully saturated rings. The number of nitro groups is 1. The van der Waals surface area contributed by atoms with Crippen molar-refractivity contribution < 1.29 is 19.2 Å². The van der Waals surface area contributed by atoms with E-state index in [9.17, 15) is 19.7 Å². The van der Waals surface area contributed by atoms with Gasteiger partial charge in [-0.15, -0.1) is 0 Å². The van der Waals surface area contributed by atoms with Gasteiger partial charge in [-0.2, -0.15) is 5.10 Å². The smallest absolute Gasteiger partial charge is 0.270 e. The molecule has 0 aliphatic rings. The quantitative estimate of drug-likeness (QED) is 0.475. The zero-order valence-corrected chi connectivity index (χ0v) is 14.4. The number of primary amides is 1. The van der Waals surface area contributed by atoms with Crippen LogP contribution in [0.15, 0.2) is 60.9 Å². The summed E-state index contributed by atoms with van der Waals surface area (Å²) >= 11 is 0. The molecule has 0 unspecified atom stereocenters. The van der Waals surface area contributed by atoms with Crippen molar-refractivity contribution in [2.24, 2.45) is 5.73 Å². The average molecular weight is 381 g/mol. The lowest BCUT2D eigenvalue weighted by atomic mass is 10.1. The van der Waals surface area contributed by atoms with E-state index < -0.39 is 16.7 Å². The number of nitrogens with two attached hydrogens (primary N) is 1. The molecule has 0 spiro atoms. The number of nitro benzene ring substituents is 1. The van der Waals surface area contributed by atoms with Crippen LogP contribution in [0.25, 0.3) is 0 Å². The number of nitrogens with one attached hydrogen (secondary N) is 1. The van der Waals surface area contributed by atoms with Gasteiger partial charge in [0.25, 0.3) is 11.6 Å². The third-order valence-corrected chi connectivity index (χ3v) is 3.60. The van der Waals surface area contributed by atoms with Crippen molar-refractivity contribution in [3.05, 3.63) is 76.6 Å². The normalized spacial score (nSPS) is 10.3. The third kappa shape index (κ3) is 4.49. The van der Waals surface area contributed by atoms with E-state index in [0.717, 1.165) is 6.07 Å². The molecule has 3 rings (SSSR count). The van der Waals surface area contributed by atoms with Gasteiger partial charge in [-0.05, 0) is 18.2 Å². The van der Waals surface area contributed by atoms with E-state index in [1.807, 2.05) is 0 Å². The van der Waals surface area contributed by atoms with Gasteiger partial charge >= 0.3 is 0 Å². The minimum Gasteiger partial charge on any atom is -0.457 e. The highest BCUT2D eigenvalue weighted by atomic mass is 16.6. The molecule has 0 aliphatic carbocycles. The SMILES string of the molecule is NC(=O)Cn1cc(NC(=O)c2cc([N+](=O)[O-])ccc2Oc2ccccc2)cn1. The largest absolute Gasteiger partial charge is 0.457 e. The molecule has 1 heterocycles. The topological polar surface area (TPSA) is 142 Å². The molecule has 3 aromatic rings. The lowest BCUT2D eigenvalue weighted by Crippen LogP contribution is -2.18. The van der Waals surface area contributed by atoms with Crippen LogP contribution in [0.2, 0.25) is 0 Å². The Balaban J connectivity index is 1.88. The fourth-order valence-electron chi connectivity index (χ4n) is 2.39. The molecule has 0 saturated carbocycles. The molecule has 3 N–H and O–H groups in total. The number of aromatic nitrogens is 2. The summed E-state index contributed by atoms with van der Waals surface area (Å²) in [4.78, 5) is 34.1. The average Bonchev–Trinajstić information content (AvgIpc) is 3.08. The van der Waals surface area contributed by atoms with E-state index in [1.54, 1.807) is 30.3 Å². The predicted molar refractivity (Wildman–Crippen MR) is 99.0 cm³/mol. The van der Waals surface area contributed by atoms with Crippen molar-refractivity contribution >= 4 is 23.2 Å². The van der Waals surface area contributed by atoms with Crippen LogP contribution in [0.3, 0.4) is 0 Å². The molecule has 0 radical (unpaired) electrons. The monoisotopic (exact) mass is 381 g/mol. The van der Waals surface area contributed by atoms with Gasteiger partial charge in [0.1, 0.15) is 18.0 Å². The number of anilines is 1. The number of rotatable bonds is 7. The number of hydrogen-bond acceptors (Lipinski definition) is 6. The van der Waals surface area contributed by atoms with Crippen LogP contribution in [0.4, 0.5) is 11.4 Å². The standard InChI is InChI=1S/C18H15N5O5/c19-17(24)11-22-10-12(9-20-22)21-18(25)15-8-13(23(26)27)6-7-16(15)28-14-4-2-1-3-5-14/h1-10H,11H2,(H2,19,24)(H,21,25). The van der Waals surface area contributed by atoms with Crippen molar-refractivity contribution in [1.29, 1.82) is 0 Å². The van der Waals surface area contributed by atoms with Gasteiger partial charge in [-0.25, -0.2) is 0 Å². The van der Waals surface area contributed by atoms with Crippen LogP contribution in [0.5, 0.6) is 11.5 Å². The second kappa shape index (κ2) is 7.99. The number of non-ortho nitro benzene ring substituents is 1. The fraction of sp³-hybridized carbons (Fsp3) is 0.0556. The van der Waals surface area contributed by atoms with Crippen LogP contribution in [0, 0.1) is 10.1 Å². The maximum Gasteiger partial charge on any atom is 0.270 e. The summed E-state index contributed by atoms with van der Waals surface area (Å²) in [5.41, 5.74) is 5.11. The summed E-state index contributed by atoms with van der Waals surface area (Å²) in [7, 11) is 0. The number of carbonyl (C=O) groups is 2. The number of nitrogens with zero attached hydrogens (tertiary/aromatic N) is 3. The third-order valence-electron chi connectivity index (χ3n) is 3.60. The molecule has 2 aromatic carbocycles. The molecule has 10 nitrogen and oxygen atoms in total. The van der Waals surface area contributed by atoms with Crippen molar-refractivity contribution in [3.63, 3.8) is 0 Å². The minimum absolute atomic E-state index is 0.0271. The molecular weight excluding hydrogens is 366 g/mol. The molecule has 142 valence electrons. The fourth-order valence-corrected chi connectivity index (χ4v) is 2.39. The van der Waals surface area contributed by atoms with E-state index in [2.05, 4.69) is 10.4 Å². The zero-order valence-electron chi connectivity index (χ0n) is 14.4. The highest BCUT2D eigenvalue weighted by molar-refractivity contribution is 6.06. The summed E-state index contributed by atoms with van der Waals surface area (Å²) in [6.07, 6.45) is 2.74. The number of ether oxygens (including phenoxy) is 1. The Morgan fingerprint density at radius 1 is 1.21 bits per heavy atom. The second-order valence-corrected chi connectivity index (χ2v) is 5.70.